The molecule has 0 aliphatic heterocycles. The van der Waals surface area contributed by atoms with Gasteiger partial charge in [-0.3, -0.25) is 0 Å². The van der Waals surface area contributed by atoms with Gasteiger partial charge in [-0.1, -0.05) is 120 Å². The molecule has 0 heterocycles. The lowest BCUT2D eigenvalue weighted by Gasteiger charge is -2.19. The monoisotopic (exact) mass is 539 g/mol. The summed E-state index contributed by atoms with van der Waals surface area (Å²) in [5.74, 6) is 0.878. The van der Waals surface area contributed by atoms with Gasteiger partial charge in [0, 0.05) is 0 Å². The van der Waals surface area contributed by atoms with Crippen LogP contribution in [0, 0.1) is 16.7 Å². The van der Waals surface area contributed by atoms with E-state index in [-0.39, 0.29) is 0 Å². The van der Waals surface area contributed by atoms with E-state index in [0.29, 0.717) is 12.2 Å². The largest absolute Gasteiger partial charge is 0.494 e. The first-order chi connectivity index (χ1) is 19.5. The maximum absolute atomic E-state index is 12.6. The van der Waals surface area contributed by atoms with Gasteiger partial charge in [0.15, 0.2) is 5.41 Å². The fraction of sp³-hybridized carbons (Fsp3) is 0.444. The van der Waals surface area contributed by atoms with Crippen molar-refractivity contribution >= 4 is 5.97 Å². The number of esters is 1. The molecule has 4 nitrogen and oxygen atoms in total. The summed E-state index contributed by atoms with van der Waals surface area (Å²) in [6.07, 6.45) is 12.6. The highest BCUT2D eigenvalue weighted by Gasteiger charge is 2.34. The summed E-state index contributed by atoms with van der Waals surface area (Å²) < 4.78 is 11.5. The Hall–Kier alpha value is -3.58. The van der Waals surface area contributed by atoms with Gasteiger partial charge in [0.05, 0.1) is 12.7 Å². The Bertz CT molecular complexity index is 1190. The number of hydrogen-bond donors (Lipinski definition) is 0. The summed E-state index contributed by atoms with van der Waals surface area (Å²) in [7, 11) is 0. The first kappa shape index (κ1) is 31.0. The van der Waals surface area contributed by atoms with Crippen LogP contribution in [0.25, 0.3) is 22.3 Å². The highest BCUT2D eigenvalue weighted by Crippen LogP contribution is 2.30. The first-order valence-corrected chi connectivity index (χ1v) is 15.1. The predicted octanol–water partition coefficient (Wildman–Crippen LogP) is 10.2. The fourth-order valence-corrected chi connectivity index (χ4v) is 4.69. The van der Waals surface area contributed by atoms with Crippen molar-refractivity contribution in [3.8, 4) is 39.8 Å². The molecule has 0 amide bonds. The number of nitrogens with zero attached hydrogens (tertiary/aromatic N) is 1. The minimum Gasteiger partial charge on any atom is -0.494 e. The third-order valence-corrected chi connectivity index (χ3v) is 7.46. The predicted molar refractivity (Wildman–Crippen MR) is 164 cm³/mol. The quantitative estimate of drug-likeness (QED) is 0.0972. The Morgan fingerprint density at radius 3 is 1.55 bits per heavy atom. The lowest BCUT2D eigenvalue weighted by molar-refractivity contribution is -0.142. The van der Waals surface area contributed by atoms with Gasteiger partial charge in [-0.05, 0) is 66.3 Å². The number of nitriles is 1. The smallest absolute Gasteiger partial charge is 0.331 e. The summed E-state index contributed by atoms with van der Waals surface area (Å²) in [5.41, 5.74) is 3.28. The number of hydrogen-bond acceptors (Lipinski definition) is 4. The van der Waals surface area contributed by atoms with Crippen molar-refractivity contribution in [1.29, 1.82) is 5.26 Å². The average molecular weight is 540 g/mol. The van der Waals surface area contributed by atoms with E-state index in [1.54, 1.807) is 19.1 Å². The maximum atomic E-state index is 12.6. The third-order valence-electron chi connectivity index (χ3n) is 7.46. The molecule has 0 saturated heterocycles. The van der Waals surface area contributed by atoms with E-state index in [9.17, 15) is 10.1 Å². The molecule has 3 rings (SSSR count). The molecule has 0 aliphatic carbocycles. The second kappa shape index (κ2) is 16.5. The highest BCUT2D eigenvalue weighted by molar-refractivity contribution is 5.82. The molecule has 3 aromatic rings. The molecular weight excluding hydrogens is 494 g/mol. The number of carbonyl (C=O) groups excluding carboxylic acids is 1. The van der Waals surface area contributed by atoms with Crippen molar-refractivity contribution in [2.24, 2.45) is 5.41 Å². The molecule has 212 valence electrons. The van der Waals surface area contributed by atoms with Gasteiger partial charge in [0.1, 0.15) is 11.5 Å². The maximum Gasteiger partial charge on any atom is 0.331 e. The van der Waals surface area contributed by atoms with Crippen LogP contribution in [0.4, 0.5) is 0 Å². The van der Waals surface area contributed by atoms with Gasteiger partial charge in [-0.2, -0.15) is 5.26 Å². The van der Waals surface area contributed by atoms with Crippen molar-refractivity contribution < 1.29 is 14.3 Å². The molecule has 1 unspecified atom stereocenters. The van der Waals surface area contributed by atoms with Gasteiger partial charge < -0.3 is 9.47 Å². The van der Waals surface area contributed by atoms with E-state index in [2.05, 4.69) is 49.4 Å². The van der Waals surface area contributed by atoms with Crippen molar-refractivity contribution in [2.75, 3.05) is 6.61 Å². The lowest BCUT2D eigenvalue weighted by Crippen LogP contribution is -2.30. The number of unbranched alkanes of at least 4 members (excludes halogenated alkanes) is 8. The van der Waals surface area contributed by atoms with Crippen LogP contribution in [0.15, 0.2) is 72.8 Å². The van der Waals surface area contributed by atoms with Gasteiger partial charge >= 0.3 is 5.97 Å². The summed E-state index contributed by atoms with van der Waals surface area (Å²) >= 11 is 0. The number of rotatable bonds is 17. The lowest BCUT2D eigenvalue weighted by atomic mass is 9.87. The fourth-order valence-electron chi connectivity index (χ4n) is 4.69. The summed E-state index contributed by atoms with van der Waals surface area (Å²) in [4.78, 5) is 12.6. The summed E-state index contributed by atoms with van der Waals surface area (Å²) in [6.45, 7) is 6.73. The summed E-state index contributed by atoms with van der Waals surface area (Å²) in [6, 6.07) is 26.3. The summed E-state index contributed by atoms with van der Waals surface area (Å²) in [5, 5.41) is 9.50. The van der Waals surface area contributed by atoms with E-state index in [0.717, 1.165) is 53.9 Å². The van der Waals surface area contributed by atoms with Crippen molar-refractivity contribution in [2.45, 2.75) is 91.4 Å². The van der Waals surface area contributed by atoms with E-state index >= 15 is 0 Å². The number of benzene rings is 3. The van der Waals surface area contributed by atoms with Crippen molar-refractivity contribution in [1.82, 2.24) is 0 Å². The van der Waals surface area contributed by atoms with Crippen LogP contribution in [0.3, 0.4) is 0 Å². The van der Waals surface area contributed by atoms with E-state index in [1.165, 1.54) is 44.9 Å². The van der Waals surface area contributed by atoms with Crippen LogP contribution in [-0.4, -0.2) is 12.6 Å². The van der Waals surface area contributed by atoms with Crippen LogP contribution in [0.5, 0.6) is 11.5 Å². The standard InChI is InChI=1S/C36H45NO3/c1-4-6-8-9-10-11-12-13-27-39-33-22-18-31(19-23-33)29-14-16-30(17-15-29)32-20-24-34(25-21-32)40-35(38)36(3,28-37)26-7-5-2/h14-25H,4-13,26-27H2,1-3H3. The molecule has 0 aliphatic rings. The molecule has 0 saturated carbocycles. The molecule has 0 aromatic heterocycles. The van der Waals surface area contributed by atoms with Crippen LogP contribution < -0.4 is 9.47 Å². The molecule has 0 bridgehead atoms. The second-order valence-electron chi connectivity index (χ2n) is 10.9. The Morgan fingerprint density at radius 1 is 0.650 bits per heavy atom. The zero-order valence-corrected chi connectivity index (χ0v) is 24.6. The minimum atomic E-state index is -1.12. The molecule has 0 fully saturated rings. The number of carbonyl (C=O) groups is 1. The van der Waals surface area contributed by atoms with Crippen molar-refractivity contribution in [3.05, 3.63) is 72.8 Å². The Balaban J connectivity index is 1.48. The zero-order valence-electron chi connectivity index (χ0n) is 24.6. The molecule has 0 radical (unpaired) electrons. The molecule has 3 aromatic carbocycles. The zero-order chi connectivity index (χ0) is 28.6. The topological polar surface area (TPSA) is 59.3 Å². The Labute approximate surface area is 241 Å². The van der Waals surface area contributed by atoms with Gasteiger partial charge in [0.2, 0.25) is 0 Å². The number of ether oxygens (including phenoxy) is 2. The highest BCUT2D eigenvalue weighted by atomic mass is 16.5. The molecule has 1 atom stereocenters. The molecule has 40 heavy (non-hydrogen) atoms. The van der Waals surface area contributed by atoms with Crippen molar-refractivity contribution in [3.63, 3.8) is 0 Å². The van der Waals surface area contributed by atoms with Crippen LogP contribution >= 0.6 is 0 Å². The van der Waals surface area contributed by atoms with E-state index < -0.39 is 11.4 Å². The van der Waals surface area contributed by atoms with E-state index in [1.807, 2.05) is 31.2 Å². The molecule has 0 spiro atoms. The Kier molecular flexibility index (Phi) is 12.8. The van der Waals surface area contributed by atoms with Crippen LogP contribution in [0.1, 0.15) is 91.4 Å². The minimum absolute atomic E-state index is 0.452. The second-order valence-corrected chi connectivity index (χ2v) is 10.9. The Morgan fingerprint density at radius 2 is 1.07 bits per heavy atom. The average Bonchev–Trinajstić information content (AvgIpc) is 3.00. The van der Waals surface area contributed by atoms with Gasteiger partial charge in [0.25, 0.3) is 0 Å². The molecule has 0 N–H and O–H groups in total. The van der Waals surface area contributed by atoms with E-state index in [4.69, 9.17) is 9.47 Å². The first-order valence-electron chi connectivity index (χ1n) is 15.1. The van der Waals surface area contributed by atoms with Crippen LogP contribution in [-0.2, 0) is 4.79 Å². The third kappa shape index (κ3) is 9.56. The van der Waals surface area contributed by atoms with Crippen LogP contribution in [0.2, 0.25) is 0 Å². The van der Waals surface area contributed by atoms with Gasteiger partial charge in [-0.25, -0.2) is 4.79 Å². The normalized spacial score (nSPS) is 12.3. The SMILES string of the molecule is CCCCCCCCCCOc1ccc(-c2ccc(-c3ccc(OC(=O)C(C)(C#N)CCCC)cc3)cc2)cc1. The molecule has 4 heteroatoms. The molecular formula is C36H45NO3. The van der Waals surface area contributed by atoms with Gasteiger partial charge in [-0.15, -0.1) is 0 Å².